The molecule has 0 aliphatic carbocycles. The quantitative estimate of drug-likeness (QED) is 0.161. The molecule has 4 rings (SSSR count). The Labute approximate surface area is 250 Å². The molecule has 4 aromatic rings. The number of carbonyl (C=O) groups is 2. The van der Waals surface area contributed by atoms with Gasteiger partial charge >= 0.3 is 18.1 Å². The summed E-state index contributed by atoms with van der Waals surface area (Å²) in [6.07, 6.45) is -6.55. The van der Waals surface area contributed by atoms with Gasteiger partial charge in [0, 0.05) is 23.1 Å². The highest BCUT2D eigenvalue weighted by Crippen LogP contribution is 2.43. The second-order valence-corrected chi connectivity index (χ2v) is 10.9. The molecule has 0 aliphatic heterocycles. The first-order valence-electron chi connectivity index (χ1n) is 13.4. The Bertz CT molecular complexity index is 1510. The maximum absolute atomic E-state index is 14.1. The third kappa shape index (κ3) is 7.41. The predicted octanol–water partition coefficient (Wildman–Crippen LogP) is 7.12. The van der Waals surface area contributed by atoms with Crippen LogP contribution in [0.5, 0.6) is 5.75 Å². The molecule has 1 heterocycles. The number of nitrogens with zero attached hydrogens (tertiary/aromatic N) is 1. The Morgan fingerprint density at radius 3 is 2.16 bits per heavy atom. The van der Waals surface area contributed by atoms with Gasteiger partial charge in [0.1, 0.15) is 17.4 Å². The van der Waals surface area contributed by atoms with E-state index in [1.807, 2.05) is 49.4 Å². The second-order valence-electron chi connectivity index (χ2n) is 9.69. The van der Waals surface area contributed by atoms with Crippen molar-refractivity contribution in [3.05, 3.63) is 107 Å². The number of thiazole rings is 1. The number of aryl methyl sites for hydroxylation is 2. The van der Waals surface area contributed by atoms with Crippen molar-refractivity contribution in [2.24, 2.45) is 0 Å². The Morgan fingerprint density at radius 1 is 0.953 bits per heavy atom. The minimum atomic E-state index is -5.20. The van der Waals surface area contributed by atoms with E-state index in [0.717, 1.165) is 45.9 Å². The Morgan fingerprint density at radius 2 is 1.58 bits per heavy atom. The number of halogens is 3. The third-order valence-electron chi connectivity index (χ3n) is 6.84. The number of carboxylic acid groups (broad SMARTS) is 1. The van der Waals surface area contributed by atoms with E-state index in [1.54, 1.807) is 23.5 Å². The predicted molar refractivity (Wildman–Crippen MR) is 155 cm³/mol. The summed E-state index contributed by atoms with van der Waals surface area (Å²) >= 11 is 1.60. The van der Waals surface area contributed by atoms with Gasteiger partial charge in [0.2, 0.25) is 0 Å². The Hall–Kier alpha value is -4.22. The molecule has 1 N–H and O–H groups in total. The van der Waals surface area contributed by atoms with Gasteiger partial charge in [-0.3, -0.25) is 0 Å². The smallest absolute Gasteiger partial charge is 0.432 e. The topological polar surface area (TPSA) is 95.0 Å². The van der Waals surface area contributed by atoms with Crippen LogP contribution in [0.25, 0.3) is 10.6 Å². The highest BCUT2D eigenvalue weighted by atomic mass is 32.1. The summed E-state index contributed by atoms with van der Waals surface area (Å²) in [6.45, 7) is 2.29. The van der Waals surface area contributed by atoms with Crippen LogP contribution in [0.1, 0.15) is 34.5 Å². The van der Waals surface area contributed by atoms with Crippen molar-refractivity contribution in [1.29, 1.82) is 0 Å². The SMILES string of the molecule is COC(C(=O)O[C@H](CCCc1ccc(OCc2nc(-c3ccccc3)sc2C)cc1)C(=O)O)(c1ccccc1)C(F)(F)F. The minimum absolute atomic E-state index is 0.196. The highest BCUT2D eigenvalue weighted by molar-refractivity contribution is 7.15. The first-order valence-corrected chi connectivity index (χ1v) is 14.2. The number of methoxy groups -OCH3 is 1. The van der Waals surface area contributed by atoms with Crippen molar-refractivity contribution in [2.75, 3.05) is 7.11 Å². The van der Waals surface area contributed by atoms with Gasteiger partial charge in [0.05, 0.1) is 5.69 Å². The van der Waals surface area contributed by atoms with Gasteiger partial charge < -0.3 is 19.3 Å². The molecule has 11 heteroatoms. The zero-order valence-electron chi connectivity index (χ0n) is 23.5. The van der Waals surface area contributed by atoms with Crippen molar-refractivity contribution in [2.45, 2.75) is 50.7 Å². The summed E-state index contributed by atoms with van der Waals surface area (Å²) in [5.74, 6) is -2.77. The maximum atomic E-state index is 14.1. The van der Waals surface area contributed by atoms with Gasteiger partial charge in [0.15, 0.2) is 6.10 Å². The lowest BCUT2D eigenvalue weighted by Crippen LogP contribution is -2.53. The van der Waals surface area contributed by atoms with Gasteiger partial charge in [0.25, 0.3) is 5.60 Å². The first-order chi connectivity index (χ1) is 20.5. The lowest BCUT2D eigenvalue weighted by molar-refractivity contribution is -0.278. The molecule has 0 fully saturated rings. The zero-order valence-corrected chi connectivity index (χ0v) is 24.3. The molecule has 7 nitrogen and oxygen atoms in total. The zero-order chi connectivity index (χ0) is 31.0. The number of hydrogen-bond acceptors (Lipinski definition) is 7. The Kier molecular flexibility index (Phi) is 10.2. The summed E-state index contributed by atoms with van der Waals surface area (Å²) in [7, 11) is 0.727. The van der Waals surface area contributed by atoms with E-state index in [-0.39, 0.29) is 12.8 Å². The van der Waals surface area contributed by atoms with Crippen LogP contribution in [-0.4, -0.2) is 41.4 Å². The van der Waals surface area contributed by atoms with Crippen LogP contribution in [0.3, 0.4) is 0 Å². The standard InChI is InChI=1S/C32H30F3NO6S/c1-21-26(36-28(43-21)23-11-5-3-6-12-23)20-41-25-18-16-22(17-19-25)10-9-15-27(29(37)38)42-30(39)31(40-2,32(33,34)35)24-13-7-4-8-14-24/h3-8,11-14,16-19,27H,9-10,15,20H2,1-2H3,(H,37,38)/t27-,31?/m1/s1. The average molecular weight is 614 g/mol. The van der Waals surface area contributed by atoms with Gasteiger partial charge in [-0.2, -0.15) is 13.2 Å². The van der Waals surface area contributed by atoms with E-state index in [2.05, 4.69) is 4.74 Å². The molecule has 2 atom stereocenters. The number of benzene rings is 3. The van der Waals surface area contributed by atoms with Gasteiger partial charge in [-0.15, -0.1) is 11.3 Å². The molecule has 1 aromatic heterocycles. The van der Waals surface area contributed by atoms with Crippen molar-refractivity contribution in [3.8, 4) is 16.3 Å². The summed E-state index contributed by atoms with van der Waals surface area (Å²) in [5, 5.41) is 10.5. The number of aromatic nitrogens is 1. The van der Waals surface area contributed by atoms with E-state index in [4.69, 9.17) is 14.5 Å². The van der Waals surface area contributed by atoms with Crippen LogP contribution in [-0.2, 0) is 37.7 Å². The van der Waals surface area contributed by atoms with Gasteiger partial charge in [-0.05, 0) is 43.9 Å². The molecule has 43 heavy (non-hydrogen) atoms. The molecular weight excluding hydrogens is 583 g/mol. The van der Waals surface area contributed by atoms with Crippen LogP contribution in [0, 0.1) is 6.92 Å². The van der Waals surface area contributed by atoms with Gasteiger partial charge in [-0.1, -0.05) is 72.8 Å². The number of ether oxygens (including phenoxy) is 3. The molecule has 0 spiro atoms. The molecule has 0 amide bonds. The van der Waals surface area contributed by atoms with Crippen LogP contribution in [0.15, 0.2) is 84.9 Å². The number of carboxylic acids is 1. The molecule has 1 unspecified atom stereocenters. The minimum Gasteiger partial charge on any atom is -0.487 e. The fourth-order valence-electron chi connectivity index (χ4n) is 4.49. The fraction of sp³-hybridized carbons (Fsp3) is 0.281. The van der Waals surface area contributed by atoms with E-state index >= 15 is 0 Å². The molecule has 0 bridgehead atoms. The summed E-state index contributed by atoms with van der Waals surface area (Å²) in [6, 6.07) is 23.3. The van der Waals surface area contributed by atoms with Crippen molar-refractivity contribution < 1.29 is 42.1 Å². The molecule has 3 aromatic carbocycles. The van der Waals surface area contributed by atoms with Gasteiger partial charge in [-0.25, -0.2) is 14.6 Å². The number of hydrogen-bond donors (Lipinski definition) is 1. The largest absolute Gasteiger partial charge is 0.487 e. The van der Waals surface area contributed by atoms with Crippen molar-refractivity contribution in [1.82, 2.24) is 4.98 Å². The lowest BCUT2D eigenvalue weighted by atomic mass is 9.92. The number of esters is 1. The molecular formula is C32H30F3NO6S. The summed E-state index contributed by atoms with van der Waals surface area (Å²) in [4.78, 5) is 30.4. The fourth-order valence-corrected chi connectivity index (χ4v) is 5.42. The number of aliphatic carboxylic acids is 1. The van der Waals surface area contributed by atoms with E-state index in [1.165, 1.54) is 18.2 Å². The molecule has 0 radical (unpaired) electrons. The number of rotatable bonds is 13. The van der Waals surface area contributed by atoms with Crippen LogP contribution in [0.4, 0.5) is 13.2 Å². The van der Waals surface area contributed by atoms with Crippen molar-refractivity contribution >= 4 is 23.3 Å². The monoisotopic (exact) mass is 613 g/mol. The Balaban J connectivity index is 1.33. The highest BCUT2D eigenvalue weighted by Gasteiger charge is 2.64. The summed E-state index contributed by atoms with van der Waals surface area (Å²) in [5.41, 5.74) is -1.23. The third-order valence-corrected chi connectivity index (χ3v) is 7.90. The molecule has 226 valence electrons. The normalized spacial score (nSPS) is 13.6. The van der Waals surface area contributed by atoms with Crippen LogP contribution >= 0.6 is 11.3 Å². The van der Waals surface area contributed by atoms with E-state index in [9.17, 15) is 27.9 Å². The van der Waals surface area contributed by atoms with Crippen LogP contribution in [0.2, 0.25) is 0 Å². The maximum Gasteiger partial charge on any atom is 0.432 e. The lowest BCUT2D eigenvalue weighted by Gasteiger charge is -2.33. The average Bonchev–Trinajstić information content (AvgIpc) is 3.37. The molecule has 0 saturated heterocycles. The summed E-state index contributed by atoms with van der Waals surface area (Å²) < 4.78 is 57.9. The first kappa shape index (κ1) is 31.7. The van der Waals surface area contributed by atoms with Crippen LogP contribution < -0.4 is 4.74 Å². The van der Waals surface area contributed by atoms with E-state index in [0.29, 0.717) is 18.8 Å². The second kappa shape index (κ2) is 13.8. The number of alkyl halides is 3. The van der Waals surface area contributed by atoms with E-state index < -0.39 is 35.4 Å². The molecule has 0 saturated carbocycles. The van der Waals surface area contributed by atoms with Crippen molar-refractivity contribution in [3.63, 3.8) is 0 Å². The number of carbonyl (C=O) groups excluding carboxylic acids is 1. The molecule has 0 aliphatic rings.